The lowest BCUT2D eigenvalue weighted by atomic mass is 9.74. The van der Waals surface area contributed by atoms with Crippen LogP contribution in [-0.4, -0.2) is 24.2 Å². The summed E-state index contributed by atoms with van der Waals surface area (Å²) >= 11 is 0. The van der Waals surface area contributed by atoms with Crippen molar-refractivity contribution in [1.29, 1.82) is 0 Å². The van der Waals surface area contributed by atoms with E-state index in [-0.39, 0.29) is 0 Å². The highest BCUT2D eigenvalue weighted by Gasteiger charge is 2.40. The molecule has 1 heterocycles. The molecule has 0 radical (unpaired) electrons. The normalized spacial score (nSPS) is 28.3. The maximum absolute atomic E-state index is 11.0. The average Bonchev–Trinajstić information content (AvgIpc) is 2.54. The third-order valence-electron chi connectivity index (χ3n) is 3.18. The third kappa shape index (κ3) is 1.46. The summed E-state index contributed by atoms with van der Waals surface area (Å²) in [5.74, 6) is -0.348. The van der Waals surface area contributed by atoms with E-state index < -0.39 is 11.4 Å². The van der Waals surface area contributed by atoms with E-state index >= 15 is 0 Å². The minimum atomic E-state index is -0.654. The molecule has 0 aromatic heterocycles. The number of carboxylic acid groups (broad SMARTS) is 1. The second-order valence-corrected chi connectivity index (χ2v) is 3.77. The highest BCUT2D eigenvalue weighted by molar-refractivity contribution is 5.74. The van der Waals surface area contributed by atoms with Gasteiger partial charge < -0.3 is 10.4 Å². The average molecular weight is 171 g/mol. The van der Waals surface area contributed by atoms with Gasteiger partial charge in [0.05, 0.1) is 5.41 Å². The largest absolute Gasteiger partial charge is 0.481 e. The first kappa shape index (κ1) is 9.52. The molecular formula is C9H17NO2. The quantitative estimate of drug-likeness (QED) is 0.668. The lowest BCUT2D eigenvalue weighted by molar-refractivity contribution is -0.151. The standard InChI is InChI=1S/C9H17NO2/c1-3-9(2,8(11)12)7-4-5-10-6-7/h7,10H,3-6H2,1-2H3,(H,11,12). The first-order valence-corrected chi connectivity index (χ1v) is 4.55. The Bertz CT molecular complexity index is 175. The first-order chi connectivity index (χ1) is 5.61. The molecule has 0 bridgehead atoms. The molecule has 1 saturated heterocycles. The van der Waals surface area contributed by atoms with Crippen molar-refractivity contribution in [2.24, 2.45) is 11.3 Å². The topological polar surface area (TPSA) is 49.3 Å². The monoisotopic (exact) mass is 171 g/mol. The van der Waals surface area contributed by atoms with Gasteiger partial charge in [0.15, 0.2) is 0 Å². The fourth-order valence-electron chi connectivity index (χ4n) is 1.81. The Morgan fingerprint density at radius 1 is 1.75 bits per heavy atom. The van der Waals surface area contributed by atoms with Crippen LogP contribution < -0.4 is 5.32 Å². The van der Waals surface area contributed by atoms with Gasteiger partial charge in [-0.1, -0.05) is 6.92 Å². The van der Waals surface area contributed by atoms with E-state index in [1.54, 1.807) is 0 Å². The highest BCUT2D eigenvalue weighted by Crippen LogP contribution is 2.35. The zero-order chi connectivity index (χ0) is 9.19. The molecule has 1 aliphatic heterocycles. The molecule has 70 valence electrons. The fraction of sp³-hybridized carbons (Fsp3) is 0.889. The summed E-state index contributed by atoms with van der Waals surface area (Å²) in [5, 5.41) is 12.3. The molecule has 0 aliphatic carbocycles. The van der Waals surface area contributed by atoms with Crippen molar-refractivity contribution in [2.45, 2.75) is 26.7 Å². The molecule has 1 rings (SSSR count). The molecule has 3 heteroatoms. The predicted octanol–water partition coefficient (Wildman–Crippen LogP) is 1.10. The van der Waals surface area contributed by atoms with Gasteiger partial charge >= 0.3 is 5.97 Å². The maximum Gasteiger partial charge on any atom is 0.309 e. The van der Waals surface area contributed by atoms with Gasteiger partial charge in [-0.25, -0.2) is 0 Å². The lowest BCUT2D eigenvalue weighted by Gasteiger charge is -2.29. The molecule has 3 nitrogen and oxygen atoms in total. The van der Waals surface area contributed by atoms with Gasteiger partial charge in [-0.05, 0) is 38.8 Å². The van der Waals surface area contributed by atoms with E-state index in [0.29, 0.717) is 12.3 Å². The SMILES string of the molecule is CCC(C)(C(=O)O)C1CCNC1. The van der Waals surface area contributed by atoms with Gasteiger partial charge in [0.1, 0.15) is 0 Å². The summed E-state index contributed by atoms with van der Waals surface area (Å²) in [6.45, 7) is 5.63. The van der Waals surface area contributed by atoms with Crippen LogP contribution in [0.3, 0.4) is 0 Å². The summed E-state index contributed by atoms with van der Waals surface area (Å²) in [7, 11) is 0. The molecule has 0 saturated carbocycles. The van der Waals surface area contributed by atoms with E-state index in [1.807, 2.05) is 13.8 Å². The van der Waals surface area contributed by atoms with Crippen LogP contribution in [0.5, 0.6) is 0 Å². The number of carboxylic acids is 1. The van der Waals surface area contributed by atoms with Crippen molar-refractivity contribution in [3.8, 4) is 0 Å². The molecule has 0 spiro atoms. The number of hydrogen-bond acceptors (Lipinski definition) is 2. The lowest BCUT2D eigenvalue weighted by Crippen LogP contribution is -2.36. The Kier molecular flexibility index (Phi) is 2.73. The minimum absolute atomic E-state index is 0.306. The number of nitrogens with one attached hydrogen (secondary N) is 1. The van der Waals surface area contributed by atoms with Gasteiger partial charge in [-0.2, -0.15) is 0 Å². The van der Waals surface area contributed by atoms with Gasteiger partial charge in [0.2, 0.25) is 0 Å². The molecule has 0 amide bonds. The van der Waals surface area contributed by atoms with E-state index in [1.165, 1.54) is 0 Å². The number of aliphatic carboxylic acids is 1. The van der Waals surface area contributed by atoms with Crippen LogP contribution in [0, 0.1) is 11.3 Å². The van der Waals surface area contributed by atoms with Crippen LogP contribution in [0.1, 0.15) is 26.7 Å². The second-order valence-electron chi connectivity index (χ2n) is 3.77. The van der Waals surface area contributed by atoms with Crippen LogP contribution in [0.15, 0.2) is 0 Å². The summed E-state index contributed by atoms with van der Waals surface area (Å²) in [4.78, 5) is 11.0. The molecule has 0 aromatic carbocycles. The van der Waals surface area contributed by atoms with Crippen molar-refractivity contribution in [3.05, 3.63) is 0 Å². The molecule has 2 N–H and O–H groups in total. The third-order valence-corrected chi connectivity index (χ3v) is 3.18. The number of carbonyl (C=O) groups is 1. The maximum atomic E-state index is 11.0. The molecule has 0 aromatic rings. The van der Waals surface area contributed by atoms with Crippen molar-refractivity contribution in [2.75, 3.05) is 13.1 Å². The summed E-state index contributed by atoms with van der Waals surface area (Å²) < 4.78 is 0. The Hall–Kier alpha value is -0.570. The zero-order valence-electron chi connectivity index (χ0n) is 7.76. The number of rotatable bonds is 3. The number of hydrogen-bond donors (Lipinski definition) is 2. The molecule has 2 atom stereocenters. The van der Waals surface area contributed by atoms with Gasteiger partial charge in [0.25, 0.3) is 0 Å². The van der Waals surface area contributed by atoms with Crippen LogP contribution in [0.25, 0.3) is 0 Å². The van der Waals surface area contributed by atoms with Crippen molar-refractivity contribution in [1.82, 2.24) is 5.32 Å². The van der Waals surface area contributed by atoms with Crippen molar-refractivity contribution >= 4 is 5.97 Å². The Balaban J connectivity index is 2.70. The summed E-state index contributed by atoms with van der Waals surface area (Å²) in [6, 6.07) is 0. The Morgan fingerprint density at radius 3 is 2.75 bits per heavy atom. The molecule has 12 heavy (non-hydrogen) atoms. The molecule has 2 unspecified atom stereocenters. The molecular weight excluding hydrogens is 154 g/mol. The fourth-order valence-corrected chi connectivity index (χ4v) is 1.81. The highest BCUT2D eigenvalue weighted by atomic mass is 16.4. The van der Waals surface area contributed by atoms with E-state index in [2.05, 4.69) is 5.32 Å². The minimum Gasteiger partial charge on any atom is -0.481 e. The van der Waals surface area contributed by atoms with Gasteiger partial charge in [0, 0.05) is 0 Å². The zero-order valence-corrected chi connectivity index (χ0v) is 7.76. The summed E-state index contributed by atoms with van der Waals surface area (Å²) in [5.41, 5.74) is -0.524. The van der Waals surface area contributed by atoms with E-state index in [0.717, 1.165) is 19.5 Å². The van der Waals surface area contributed by atoms with Crippen LogP contribution in [-0.2, 0) is 4.79 Å². The van der Waals surface area contributed by atoms with Crippen molar-refractivity contribution in [3.63, 3.8) is 0 Å². The van der Waals surface area contributed by atoms with E-state index in [4.69, 9.17) is 5.11 Å². The Morgan fingerprint density at radius 2 is 2.42 bits per heavy atom. The van der Waals surface area contributed by atoms with E-state index in [9.17, 15) is 4.79 Å². The summed E-state index contributed by atoms with van der Waals surface area (Å²) in [6.07, 6.45) is 1.71. The van der Waals surface area contributed by atoms with Crippen LogP contribution >= 0.6 is 0 Å². The van der Waals surface area contributed by atoms with Gasteiger partial charge in [-0.15, -0.1) is 0 Å². The molecule has 1 fully saturated rings. The smallest absolute Gasteiger partial charge is 0.309 e. The molecule has 1 aliphatic rings. The van der Waals surface area contributed by atoms with Crippen LogP contribution in [0.2, 0.25) is 0 Å². The van der Waals surface area contributed by atoms with Crippen molar-refractivity contribution < 1.29 is 9.90 Å². The van der Waals surface area contributed by atoms with Crippen LogP contribution in [0.4, 0.5) is 0 Å². The Labute approximate surface area is 73.2 Å². The predicted molar refractivity (Wildman–Crippen MR) is 47.0 cm³/mol. The first-order valence-electron chi connectivity index (χ1n) is 4.55. The second kappa shape index (κ2) is 3.44. The van der Waals surface area contributed by atoms with Gasteiger partial charge in [-0.3, -0.25) is 4.79 Å².